The van der Waals surface area contributed by atoms with Crippen LogP contribution in [-0.4, -0.2) is 21.3 Å². The van der Waals surface area contributed by atoms with Gasteiger partial charge in [0, 0.05) is 0 Å². The van der Waals surface area contributed by atoms with Crippen LogP contribution in [0.1, 0.15) is 15.9 Å². The molecule has 0 saturated heterocycles. The van der Waals surface area contributed by atoms with Crippen molar-refractivity contribution in [1.29, 1.82) is 0 Å². The summed E-state index contributed by atoms with van der Waals surface area (Å²) >= 11 is 0. The molecule has 0 heterocycles. The second-order valence-corrected chi connectivity index (χ2v) is 3.91. The SMILES string of the molecule is O=C(O)c1cccc(OCc2ccc(O)cc2)c1O. The smallest absolute Gasteiger partial charge is 0.339 e. The number of hydrogen-bond donors (Lipinski definition) is 3. The Hall–Kier alpha value is -2.69. The van der Waals surface area contributed by atoms with Crippen molar-refractivity contribution in [3.05, 3.63) is 53.6 Å². The van der Waals surface area contributed by atoms with Gasteiger partial charge in [0.25, 0.3) is 0 Å². The van der Waals surface area contributed by atoms with Crippen LogP contribution < -0.4 is 4.74 Å². The molecule has 5 heteroatoms. The molecule has 5 nitrogen and oxygen atoms in total. The average Bonchev–Trinajstić information content (AvgIpc) is 2.39. The minimum atomic E-state index is -1.22. The zero-order chi connectivity index (χ0) is 13.8. The highest BCUT2D eigenvalue weighted by atomic mass is 16.5. The van der Waals surface area contributed by atoms with Crippen molar-refractivity contribution in [1.82, 2.24) is 0 Å². The molecular formula is C14H12O5. The Morgan fingerprint density at radius 2 is 1.74 bits per heavy atom. The molecule has 0 aliphatic rings. The van der Waals surface area contributed by atoms with E-state index in [0.717, 1.165) is 5.56 Å². The van der Waals surface area contributed by atoms with Gasteiger partial charge in [0.2, 0.25) is 0 Å². The van der Waals surface area contributed by atoms with Crippen molar-refractivity contribution in [2.75, 3.05) is 0 Å². The highest BCUT2D eigenvalue weighted by Gasteiger charge is 2.13. The summed E-state index contributed by atoms with van der Waals surface area (Å²) < 4.78 is 5.36. The predicted molar refractivity (Wildman–Crippen MR) is 67.5 cm³/mol. The first-order chi connectivity index (χ1) is 9.08. The lowest BCUT2D eigenvalue weighted by molar-refractivity contribution is 0.0692. The molecule has 0 fully saturated rings. The number of aromatic hydroxyl groups is 2. The number of hydrogen-bond acceptors (Lipinski definition) is 4. The van der Waals surface area contributed by atoms with Crippen LogP contribution >= 0.6 is 0 Å². The number of para-hydroxylation sites is 1. The fourth-order valence-electron chi connectivity index (χ4n) is 1.56. The standard InChI is InChI=1S/C14H12O5/c15-10-6-4-9(5-7-10)8-19-12-3-1-2-11(13(12)16)14(17)18/h1-7,15-16H,8H2,(H,17,18). The Kier molecular flexibility index (Phi) is 3.56. The largest absolute Gasteiger partial charge is 0.508 e. The Bertz CT molecular complexity index is 589. The molecule has 0 atom stereocenters. The van der Waals surface area contributed by atoms with Crippen LogP contribution in [-0.2, 0) is 6.61 Å². The van der Waals surface area contributed by atoms with E-state index >= 15 is 0 Å². The van der Waals surface area contributed by atoms with Crippen molar-refractivity contribution in [2.24, 2.45) is 0 Å². The lowest BCUT2D eigenvalue weighted by Crippen LogP contribution is -2.00. The zero-order valence-electron chi connectivity index (χ0n) is 9.91. The highest BCUT2D eigenvalue weighted by Crippen LogP contribution is 2.30. The van der Waals surface area contributed by atoms with Gasteiger partial charge in [0.1, 0.15) is 17.9 Å². The molecule has 0 amide bonds. The van der Waals surface area contributed by atoms with Crippen LogP contribution in [0.3, 0.4) is 0 Å². The van der Waals surface area contributed by atoms with Gasteiger partial charge in [-0.3, -0.25) is 0 Å². The Morgan fingerprint density at radius 1 is 1.05 bits per heavy atom. The van der Waals surface area contributed by atoms with Crippen molar-refractivity contribution in [3.63, 3.8) is 0 Å². The molecule has 19 heavy (non-hydrogen) atoms. The minimum Gasteiger partial charge on any atom is -0.508 e. The Balaban J connectivity index is 2.13. The van der Waals surface area contributed by atoms with Gasteiger partial charge >= 0.3 is 5.97 Å². The number of carboxylic acids is 1. The van der Waals surface area contributed by atoms with Gasteiger partial charge in [-0.2, -0.15) is 0 Å². The molecule has 2 rings (SSSR count). The number of carboxylic acid groups (broad SMARTS) is 1. The molecule has 2 aromatic carbocycles. The Labute approximate surface area is 109 Å². The van der Waals surface area contributed by atoms with E-state index in [1.165, 1.54) is 30.3 Å². The second kappa shape index (κ2) is 5.30. The van der Waals surface area contributed by atoms with Crippen LogP contribution in [0.5, 0.6) is 17.2 Å². The van der Waals surface area contributed by atoms with E-state index in [1.807, 2.05) is 0 Å². The number of phenolic OH excluding ortho intramolecular Hbond substituents is 1. The summed E-state index contributed by atoms with van der Waals surface area (Å²) in [6.07, 6.45) is 0. The van der Waals surface area contributed by atoms with Crippen molar-refractivity contribution in [3.8, 4) is 17.2 Å². The summed E-state index contributed by atoms with van der Waals surface area (Å²) in [7, 11) is 0. The first-order valence-electron chi connectivity index (χ1n) is 5.54. The third-order valence-electron chi connectivity index (χ3n) is 2.56. The number of benzene rings is 2. The molecule has 0 unspecified atom stereocenters. The third kappa shape index (κ3) is 2.95. The summed E-state index contributed by atoms with van der Waals surface area (Å²) in [5.41, 5.74) is 0.584. The maximum Gasteiger partial charge on any atom is 0.339 e. The molecular weight excluding hydrogens is 248 g/mol. The van der Waals surface area contributed by atoms with Crippen LogP contribution in [0, 0.1) is 0 Å². The molecule has 0 radical (unpaired) electrons. The van der Waals surface area contributed by atoms with Crippen molar-refractivity contribution < 1.29 is 24.9 Å². The lowest BCUT2D eigenvalue weighted by Gasteiger charge is -2.09. The number of carbonyl (C=O) groups is 1. The highest BCUT2D eigenvalue weighted by molar-refractivity contribution is 5.91. The topological polar surface area (TPSA) is 87.0 Å². The maximum absolute atomic E-state index is 10.8. The fraction of sp³-hybridized carbons (Fsp3) is 0.0714. The van der Waals surface area contributed by atoms with Gasteiger partial charge in [0.05, 0.1) is 0 Å². The van der Waals surface area contributed by atoms with E-state index in [1.54, 1.807) is 12.1 Å². The van der Waals surface area contributed by atoms with E-state index < -0.39 is 11.7 Å². The van der Waals surface area contributed by atoms with E-state index in [9.17, 15) is 9.90 Å². The Morgan fingerprint density at radius 3 is 2.37 bits per heavy atom. The maximum atomic E-state index is 10.8. The molecule has 3 N–H and O–H groups in total. The van der Waals surface area contributed by atoms with Gasteiger partial charge in [-0.1, -0.05) is 18.2 Å². The zero-order valence-corrected chi connectivity index (χ0v) is 9.91. The molecule has 0 aliphatic heterocycles. The van der Waals surface area contributed by atoms with E-state index in [4.69, 9.17) is 14.9 Å². The average molecular weight is 260 g/mol. The van der Waals surface area contributed by atoms with E-state index in [2.05, 4.69) is 0 Å². The first-order valence-corrected chi connectivity index (χ1v) is 5.54. The summed E-state index contributed by atoms with van der Waals surface area (Å²) in [5, 5.41) is 27.7. The predicted octanol–water partition coefficient (Wildman–Crippen LogP) is 2.38. The molecule has 0 aliphatic carbocycles. The first kappa shape index (κ1) is 12.8. The molecule has 0 spiro atoms. The summed E-state index contributed by atoms with van der Waals surface area (Å²) in [4.78, 5) is 10.8. The van der Waals surface area contributed by atoms with E-state index in [0.29, 0.717) is 0 Å². The quantitative estimate of drug-likeness (QED) is 0.785. The van der Waals surface area contributed by atoms with Gasteiger partial charge < -0.3 is 20.1 Å². The summed E-state index contributed by atoms with van der Waals surface area (Å²) in [6.45, 7) is 0.164. The third-order valence-corrected chi connectivity index (χ3v) is 2.56. The number of rotatable bonds is 4. The van der Waals surface area contributed by atoms with Crippen LogP contribution in [0.15, 0.2) is 42.5 Å². The molecule has 0 saturated carbocycles. The number of aromatic carboxylic acids is 1. The van der Waals surface area contributed by atoms with Gasteiger partial charge in [-0.25, -0.2) is 4.79 Å². The summed E-state index contributed by atoms with van der Waals surface area (Å²) in [5.74, 6) is -1.35. The molecule has 0 bridgehead atoms. The lowest BCUT2D eigenvalue weighted by atomic mass is 10.2. The van der Waals surface area contributed by atoms with Gasteiger partial charge in [-0.05, 0) is 29.8 Å². The summed E-state index contributed by atoms with van der Waals surface area (Å²) in [6, 6.07) is 10.7. The molecule has 0 aromatic heterocycles. The van der Waals surface area contributed by atoms with E-state index in [-0.39, 0.29) is 23.7 Å². The second-order valence-electron chi connectivity index (χ2n) is 3.91. The molecule has 98 valence electrons. The van der Waals surface area contributed by atoms with Crippen molar-refractivity contribution in [2.45, 2.75) is 6.61 Å². The monoisotopic (exact) mass is 260 g/mol. The van der Waals surface area contributed by atoms with Crippen LogP contribution in [0.4, 0.5) is 0 Å². The van der Waals surface area contributed by atoms with Gasteiger partial charge in [-0.15, -0.1) is 0 Å². The number of phenols is 2. The van der Waals surface area contributed by atoms with Gasteiger partial charge in [0.15, 0.2) is 11.5 Å². The fourth-order valence-corrected chi connectivity index (χ4v) is 1.56. The minimum absolute atomic E-state index is 0.105. The number of ether oxygens (including phenoxy) is 1. The van der Waals surface area contributed by atoms with Crippen LogP contribution in [0.2, 0.25) is 0 Å². The van der Waals surface area contributed by atoms with Crippen molar-refractivity contribution >= 4 is 5.97 Å². The normalized spacial score (nSPS) is 10.1. The molecule has 2 aromatic rings. The van der Waals surface area contributed by atoms with Crippen LogP contribution in [0.25, 0.3) is 0 Å².